The van der Waals surface area contributed by atoms with Gasteiger partial charge in [0.2, 0.25) is 0 Å². The maximum Gasteiger partial charge on any atom is 0.259 e. The van der Waals surface area contributed by atoms with Crippen molar-refractivity contribution in [2.45, 2.75) is 45.6 Å². The number of hydrogen-bond acceptors (Lipinski definition) is 6. The molecule has 4 rings (SSSR count). The minimum atomic E-state index is -0.530. The Labute approximate surface area is 207 Å². The van der Waals surface area contributed by atoms with Gasteiger partial charge in [0, 0.05) is 42.7 Å². The Kier molecular flexibility index (Phi) is 7.20. The monoisotopic (exact) mass is 479 g/mol. The highest BCUT2D eigenvalue weighted by Gasteiger charge is 2.24. The smallest absolute Gasteiger partial charge is 0.259 e. The van der Waals surface area contributed by atoms with E-state index in [1.165, 1.54) is 12.8 Å². The van der Waals surface area contributed by atoms with E-state index in [9.17, 15) is 9.90 Å². The number of aliphatic hydroxyl groups is 1. The van der Waals surface area contributed by atoms with Crippen molar-refractivity contribution in [1.29, 1.82) is 0 Å². The molecule has 0 radical (unpaired) electrons. The van der Waals surface area contributed by atoms with E-state index in [0.717, 1.165) is 64.8 Å². The molecule has 2 aromatic heterocycles. The topological polar surface area (TPSA) is 76.8 Å². The number of piperidine rings is 1. The van der Waals surface area contributed by atoms with E-state index in [2.05, 4.69) is 16.8 Å². The van der Waals surface area contributed by atoms with Gasteiger partial charge in [0.25, 0.3) is 5.56 Å². The van der Waals surface area contributed by atoms with E-state index in [1.807, 2.05) is 38.2 Å². The minimum absolute atomic E-state index is 0.0443. The third kappa shape index (κ3) is 4.93. The number of pyridine rings is 2. The molecular weight excluding hydrogens is 442 g/mol. The highest BCUT2D eigenvalue weighted by Crippen LogP contribution is 2.39. The van der Waals surface area contributed by atoms with Gasteiger partial charge in [0.15, 0.2) is 0 Å². The molecule has 0 aliphatic carbocycles. The lowest BCUT2D eigenvalue weighted by molar-refractivity contribution is 0.181. The largest absolute Gasteiger partial charge is 0.496 e. The Bertz CT molecular complexity index is 1250. The molecule has 1 saturated heterocycles. The standard InChI is InChI=1S/C28H37N3O4/c1-18-7-9-31(10-8-18)16-23-24(34-5)11-19(12-25(23)35-6)22-15-30(4)27(33)21-14-29-26(13-20(21)22)28(2,3)17-32/h11-15,18,32H,7-10,16-17H2,1-6H3. The number of fused-ring (bicyclic) bond motifs is 1. The molecular formula is C28H37N3O4. The summed E-state index contributed by atoms with van der Waals surface area (Å²) in [5, 5.41) is 11.2. The Balaban J connectivity index is 1.86. The maximum atomic E-state index is 12.9. The van der Waals surface area contributed by atoms with Gasteiger partial charge in [-0.25, -0.2) is 0 Å². The summed E-state index contributed by atoms with van der Waals surface area (Å²) in [6, 6.07) is 5.98. The lowest BCUT2D eigenvalue weighted by Gasteiger charge is -2.31. The molecule has 1 aliphatic heterocycles. The van der Waals surface area contributed by atoms with Crippen LogP contribution in [0.15, 0.2) is 35.4 Å². The molecule has 0 amide bonds. The molecule has 1 N–H and O–H groups in total. The zero-order valence-corrected chi connectivity index (χ0v) is 21.7. The van der Waals surface area contributed by atoms with E-state index in [1.54, 1.807) is 32.0 Å². The van der Waals surface area contributed by atoms with Gasteiger partial charge in [-0.3, -0.25) is 14.7 Å². The Morgan fingerprint density at radius 3 is 2.29 bits per heavy atom. The number of aliphatic hydroxyl groups excluding tert-OH is 1. The quantitative estimate of drug-likeness (QED) is 0.549. The summed E-state index contributed by atoms with van der Waals surface area (Å²) < 4.78 is 13.3. The van der Waals surface area contributed by atoms with Gasteiger partial charge in [-0.15, -0.1) is 0 Å². The predicted octanol–water partition coefficient (Wildman–Crippen LogP) is 4.12. The molecule has 3 heterocycles. The molecule has 0 atom stereocenters. The molecule has 188 valence electrons. The summed E-state index contributed by atoms with van der Waals surface area (Å²) in [7, 11) is 5.12. The third-order valence-corrected chi connectivity index (χ3v) is 7.33. The van der Waals surface area contributed by atoms with Gasteiger partial charge < -0.3 is 19.1 Å². The first kappa shape index (κ1) is 25.2. The lowest BCUT2D eigenvalue weighted by atomic mass is 9.88. The fraction of sp³-hybridized carbons (Fsp3) is 0.500. The van der Waals surface area contributed by atoms with Crippen LogP contribution in [-0.2, 0) is 19.0 Å². The van der Waals surface area contributed by atoms with Gasteiger partial charge in [-0.2, -0.15) is 0 Å². The van der Waals surface area contributed by atoms with Crippen molar-refractivity contribution in [2.75, 3.05) is 33.9 Å². The van der Waals surface area contributed by atoms with Crippen LogP contribution in [0.5, 0.6) is 11.5 Å². The van der Waals surface area contributed by atoms with E-state index in [4.69, 9.17) is 9.47 Å². The van der Waals surface area contributed by atoms with Crippen LogP contribution >= 0.6 is 0 Å². The van der Waals surface area contributed by atoms with Crippen LogP contribution in [0.25, 0.3) is 21.9 Å². The second kappa shape index (κ2) is 9.99. The molecule has 0 spiro atoms. The van der Waals surface area contributed by atoms with Gasteiger partial charge >= 0.3 is 0 Å². The Hall–Kier alpha value is -2.90. The van der Waals surface area contributed by atoms with Crippen molar-refractivity contribution in [3.63, 3.8) is 0 Å². The zero-order valence-electron chi connectivity index (χ0n) is 21.7. The highest BCUT2D eigenvalue weighted by molar-refractivity contribution is 5.96. The van der Waals surface area contributed by atoms with E-state index < -0.39 is 5.41 Å². The minimum Gasteiger partial charge on any atom is -0.496 e. The number of likely N-dealkylation sites (tertiary alicyclic amines) is 1. The maximum absolute atomic E-state index is 12.9. The first-order valence-corrected chi connectivity index (χ1v) is 12.3. The Morgan fingerprint density at radius 2 is 1.71 bits per heavy atom. The number of aromatic nitrogens is 2. The van der Waals surface area contributed by atoms with Crippen molar-refractivity contribution in [3.05, 3.63) is 52.2 Å². The van der Waals surface area contributed by atoms with Crippen molar-refractivity contribution in [1.82, 2.24) is 14.5 Å². The van der Waals surface area contributed by atoms with Gasteiger partial charge in [-0.05, 0) is 61.0 Å². The number of rotatable bonds is 7. The molecule has 0 unspecified atom stereocenters. The van der Waals surface area contributed by atoms with Crippen molar-refractivity contribution in [3.8, 4) is 22.6 Å². The van der Waals surface area contributed by atoms with E-state index in [-0.39, 0.29) is 12.2 Å². The van der Waals surface area contributed by atoms with Crippen LogP contribution < -0.4 is 15.0 Å². The van der Waals surface area contributed by atoms with Crippen LogP contribution in [0.1, 0.15) is 44.9 Å². The average molecular weight is 480 g/mol. The zero-order chi connectivity index (χ0) is 25.3. The number of methoxy groups -OCH3 is 2. The first-order chi connectivity index (χ1) is 16.7. The van der Waals surface area contributed by atoms with Crippen molar-refractivity contribution in [2.24, 2.45) is 13.0 Å². The predicted molar refractivity (Wildman–Crippen MR) is 139 cm³/mol. The molecule has 7 heteroatoms. The second-order valence-corrected chi connectivity index (χ2v) is 10.4. The van der Waals surface area contributed by atoms with Gasteiger partial charge in [-0.1, -0.05) is 20.8 Å². The summed E-state index contributed by atoms with van der Waals surface area (Å²) in [5.74, 6) is 2.31. The lowest BCUT2D eigenvalue weighted by Crippen LogP contribution is -2.32. The van der Waals surface area contributed by atoms with Crippen molar-refractivity contribution < 1.29 is 14.6 Å². The second-order valence-electron chi connectivity index (χ2n) is 10.4. The number of benzene rings is 1. The highest BCUT2D eigenvalue weighted by atomic mass is 16.5. The molecule has 3 aromatic rings. The molecule has 1 aliphatic rings. The van der Waals surface area contributed by atoms with Crippen LogP contribution in [0.2, 0.25) is 0 Å². The van der Waals surface area contributed by atoms with Gasteiger partial charge in [0.05, 0.1) is 31.8 Å². The van der Waals surface area contributed by atoms with E-state index >= 15 is 0 Å². The first-order valence-electron chi connectivity index (χ1n) is 12.3. The fourth-order valence-corrected chi connectivity index (χ4v) is 4.78. The number of nitrogens with zero attached hydrogens (tertiary/aromatic N) is 3. The summed E-state index contributed by atoms with van der Waals surface area (Å²) in [5.41, 5.74) is 2.91. The molecule has 7 nitrogen and oxygen atoms in total. The van der Waals surface area contributed by atoms with Crippen LogP contribution in [-0.4, -0.2) is 53.5 Å². The van der Waals surface area contributed by atoms with Gasteiger partial charge in [0.1, 0.15) is 11.5 Å². The van der Waals surface area contributed by atoms with Crippen LogP contribution in [0.3, 0.4) is 0 Å². The third-order valence-electron chi connectivity index (χ3n) is 7.33. The average Bonchev–Trinajstić information content (AvgIpc) is 2.87. The van der Waals surface area contributed by atoms with E-state index in [0.29, 0.717) is 5.39 Å². The number of aryl methyl sites for hydroxylation is 1. The van der Waals surface area contributed by atoms with Crippen molar-refractivity contribution >= 4 is 10.8 Å². The number of hydrogen-bond donors (Lipinski definition) is 1. The van der Waals surface area contributed by atoms with Crippen LogP contribution in [0, 0.1) is 5.92 Å². The molecule has 1 fully saturated rings. The summed E-state index contributed by atoms with van der Waals surface area (Å²) >= 11 is 0. The molecule has 0 saturated carbocycles. The normalized spacial score (nSPS) is 15.5. The molecule has 0 bridgehead atoms. The SMILES string of the molecule is COc1cc(-c2cn(C)c(=O)c3cnc(C(C)(C)CO)cc23)cc(OC)c1CN1CCC(C)CC1. The summed E-state index contributed by atoms with van der Waals surface area (Å²) in [6.45, 7) is 9.04. The number of ether oxygens (including phenoxy) is 2. The molecule has 35 heavy (non-hydrogen) atoms. The summed E-state index contributed by atoms with van der Waals surface area (Å²) in [4.78, 5) is 19.9. The Morgan fingerprint density at radius 1 is 1.09 bits per heavy atom. The fourth-order valence-electron chi connectivity index (χ4n) is 4.78. The van der Waals surface area contributed by atoms with Crippen LogP contribution in [0.4, 0.5) is 0 Å². The summed E-state index contributed by atoms with van der Waals surface area (Å²) in [6.07, 6.45) is 5.87. The molecule has 1 aromatic carbocycles.